The lowest BCUT2D eigenvalue weighted by Crippen LogP contribution is -2.39. The lowest BCUT2D eigenvalue weighted by molar-refractivity contribution is 0.0941. The largest absolute Gasteiger partial charge is 0.497 e. The van der Waals surface area contributed by atoms with E-state index in [4.69, 9.17) is 16.3 Å². The van der Waals surface area contributed by atoms with E-state index in [1.165, 1.54) is 16.4 Å². The van der Waals surface area contributed by atoms with Gasteiger partial charge in [-0.05, 0) is 68.8 Å². The Morgan fingerprint density at radius 2 is 2.03 bits per heavy atom. The van der Waals surface area contributed by atoms with Crippen molar-refractivity contribution in [2.75, 3.05) is 40.8 Å². The van der Waals surface area contributed by atoms with Crippen molar-refractivity contribution in [1.29, 1.82) is 0 Å². The summed E-state index contributed by atoms with van der Waals surface area (Å²) in [6, 6.07) is 12.0. The van der Waals surface area contributed by atoms with Gasteiger partial charge in [0.05, 0.1) is 18.2 Å². The number of rotatable bonds is 8. The third-order valence-electron chi connectivity index (χ3n) is 5.99. The maximum atomic E-state index is 13.2. The summed E-state index contributed by atoms with van der Waals surface area (Å²) in [6.45, 7) is 3.30. The van der Waals surface area contributed by atoms with Crippen LogP contribution in [0.1, 0.15) is 41.7 Å². The standard InChI is InChI=1S/C24H32ClN3O4S/c1-17-7-6-12-28(16-17)33(30,31)23-14-19(10-11-21(23)25)24(29)26-15-22(27(2)3)18-8-5-9-20(13-18)32-4/h5,8-11,13-14,17,22H,6-7,12,15-16H2,1-4H3,(H,26,29)/t17-,22-/m1/s1. The van der Waals surface area contributed by atoms with Gasteiger partial charge in [0.2, 0.25) is 10.0 Å². The van der Waals surface area contributed by atoms with Gasteiger partial charge in [0.15, 0.2) is 0 Å². The molecule has 0 saturated carbocycles. The number of piperidine rings is 1. The number of nitrogens with one attached hydrogen (secondary N) is 1. The number of carbonyl (C=O) groups is 1. The fraction of sp³-hybridized carbons (Fsp3) is 0.458. The quantitative estimate of drug-likeness (QED) is 0.605. The predicted octanol–water partition coefficient (Wildman–Crippen LogP) is 3.80. The Bertz CT molecular complexity index is 1090. The molecule has 0 bridgehead atoms. The van der Waals surface area contributed by atoms with Crippen LogP contribution >= 0.6 is 11.6 Å². The Morgan fingerprint density at radius 1 is 1.27 bits per heavy atom. The molecule has 0 aromatic heterocycles. The van der Waals surface area contributed by atoms with Crippen LogP contribution in [0.25, 0.3) is 0 Å². The molecule has 1 fully saturated rings. The van der Waals surface area contributed by atoms with Crippen LogP contribution < -0.4 is 10.1 Å². The normalized spacial score (nSPS) is 18.2. The van der Waals surface area contributed by atoms with E-state index in [0.717, 1.165) is 24.2 Å². The molecule has 0 aliphatic carbocycles. The van der Waals surface area contributed by atoms with Crippen molar-refractivity contribution in [2.45, 2.75) is 30.7 Å². The molecule has 1 aliphatic heterocycles. The first-order valence-corrected chi connectivity index (χ1v) is 12.8. The Balaban J connectivity index is 1.78. The zero-order valence-electron chi connectivity index (χ0n) is 19.5. The summed E-state index contributed by atoms with van der Waals surface area (Å²) in [7, 11) is 1.70. The highest BCUT2D eigenvalue weighted by Crippen LogP contribution is 2.29. The summed E-state index contributed by atoms with van der Waals surface area (Å²) >= 11 is 6.26. The molecule has 0 radical (unpaired) electrons. The van der Waals surface area contributed by atoms with Crippen molar-refractivity contribution in [3.8, 4) is 5.75 Å². The Labute approximate surface area is 201 Å². The lowest BCUT2D eigenvalue weighted by Gasteiger charge is -2.30. The summed E-state index contributed by atoms with van der Waals surface area (Å²) in [5.41, 5.74) is 1.25. The van der Waals surface area contributed by atoms with Gasteiger partial charge in [0.1, 0.15) is 10.6 Å². The highest BCUT2D eigenvalue weighted by atomic mass is 35.5. The molecule has 2 atom stereocenters. The summed E-state index contributed by atoms with van der Waals surface area (Å²) in [5.74, 6) is 0.675. The summed E-state index contributed by atoms with van der Waals surface area (Å²) < 4.78 is 33.2. The van der Waals surface area contributed by atoms with Gasteiger partial charge < -0.3 is 15.0 Å². The van der Waals surface area contributed by atoms with Crippen molar-refractivity contribution in [2.24, 2.45) is 5.92 Å². The van der Waals surface area contributed by atoms with Gasteiger partial charge in [0.25, 0.3) is 5.91 Å². The maximum absolute atomic E-state index is 13.2. The molecular formula is C24H32ClN3O4S. The van der Waals surface area contributed by atoms with Crippen LogP contribution in [0.2, 0.25) is 5.02 Å². The summed E-state index contributed by atoms with van der Waals surface area (Å²) in [6.07, 6.45) is 1.82. The van der Waals surface area contributed by atoms with Crippen LogP contribution in [0.5, 0.6) is 5.75 Å². The number of ether oxygens (including phenoxy) is 1. The van der Waals surface area contributed by atoms with Crippen molar-refractivity contribution in [3.63, 3.8) is 0 Å². The second-order valence-corrected chi connectivity index (χ2v) is 11.0. The van der Waals surface area contributed by atoms with E-state index in [9.17, 15) is 13.2 Å². The van der Waals surface area contributed by atoms with Crippen LogP contribution in [0.4, 0.5) is 0 Å². The van der Waals surface area contributed by atoms with Gasteiger partial charge in [-0.1, -0.05) is 30.7 Å². The SMILES string of the molecule is COc1cccc([C@@H](CNC(=O)c2ccc(Cl)c(S(=O)(=O)N3CCC[C@@H](C)C3)c2)N(C)C)c1. The Hall–Kier alpha value is -2.13. The average molecular weight is 494 g/mol. The Kier molecular flexibility index (Phi) is 8.39. The Morgan fingerprint density at radius 3 is 2.70 bits per heavy atom. The third-order valence-corrected chi connectivity index (χ3v) is 8.34. The van der Waals surface area contributed by atoms with E-state index in [0.29, 0.717) is 25.6 Å². The van der Waals surface area contributed by atoms with Gasteiger partial charge in [-0.15, -0.1) is 0 Å². The van der Waals surface area contributed by atoms with Crippen molar-refractivity contribution in [3.05, 3.63) is 58.6 Å². The molecular weight excluding hydrogens is 462 g/mol. The zero-order chi connectivity index (χ0) is 24.2. The fourth-order valence-electron chi connectivity index (χ4n) is 4.08. The number of hydrogen-bond acceptors (Lipinski definition) is 5. The number of benzene rings is 2. The van der Waals surface area contributed by atoms with Crippen LogP contribution in [-0.4, -0.2) is 64.4 Å². The molecule has 33 heavy (non-hydrogen) atoms. The molecule has 9 heteroatoms. The number of carbonyl (C=O) groups excluding carboxylic acids is 1. The smallest absolute Gasteiger partial charge is 0.251 e. The second-order valence-electron chi connectivity index (χ2n) is 8.72. The van der Waals surface area contributed by atoms with Crippen LogP contribution in [0, 0.1) is 5.92 Å². The van der Waals surface area contributed by atoms with Crippen LogP contribution in [0.3, 0.4) is 0 Å². The highest BCUT2D eigenvalue weighted by molar-refractivity contribution is 7.89. The molecule has 2 aromatic rings. The summed E-state index contributed by atoms with van der Waals surface area (Å²) in [5, 5.41) is 3.05. The molecule has 1 amide bonds. The highest BCUT2D eigenvalue weighted by Gasteiger charge is 2.31. The van der Waals surface area contributed by atoms with E-state index in [1.54, 1.807) is 13.2 Å². The number of nitrogens with zero attached hydrogens (tertiary/aromatic N) is 2. The van der Waals surface area contributed by atoms with E-state index in [-0.39, 0.29) is 27.4 Å². The first-order valence-electron chi connectivity index (χ1n) is 11.0. The number of likely N-dealkylation sites (N-methyl/N-ethyl adjacent to an activating group) is 1. The number of halogens is 1. The van der Waals surface area contributed by atoms with Gasteiger partial charge in [-0.3, -0.25) is 4.79 Å². The lowest BCUT2D eigenvalue weighted by atomic mass is 10.0. The first-order chi connectivity index (χ1) is 15.6. The fourth-order valence-corrected chi connectivity index (χ4v) is 6.18. The molecule has 0 unspecified atom stereocenters. The van der Waals surface area contributed by atoms with E-state index in [2.05, 4.69) is 5.32 Å². The first kappa shape index (κ1) is 25.5. The van der Waals surface area contributed by atoms with Crippen LogP contribution in [0.15, 0.2) is 47.4 Å². The minimum Gasteiger partial charge on any atom is -0.497 e. The van der Waals surface area contributed by atoms with Crippen molar-refractivity contribution in [1.82, 2.24) is 14.5 Å². The third kappa shape index (κ3) is 6.06. The van der Waals surface area contributed by atoms with Gasteiger partial charge in [-0.25, -0.2) is 8.42 Å². The topological polar surface area (TPSA) is 78.9 Å². The maximum Gasteiger partial charge on any atom is 0.251 e. The monoisotopic (exact) mass is 493 g/mol. The number of hydrogen-bond donors (Lipinski definition) is 1. The van der Waals surface area contributed by atoms with E-state index >= 15 is 0 Å². The minimum atomic E-state index is -3.78. The predicted molar refractivity (Wildman–Crippen MR) is 130 cm³/mol. The number of methoxy groups -OCH3 is 1. The molecule has 1 saturated heterocycles. The summed E-state index contributed by atoms with van der Waals surface area (Å²) in [4.78, 5) is 14.9. The molecule has 180 valence electrons. The molecule has 2 aromatic carbocycles. The van der Waals surface area contributed by atoms with Crippen molar-refractivity contribution >= 4 is 27.5 Å². The van der Waals surface area contributed by atoms with Crippen molar-refractivity contribution < 1.29 is 17.9 Å². The zero-order valence-corrected chi connectivity index (χ0v) is 21.1. The van der Waals surface area contributed by atoms with E-state index < -0.39 is 10.0 Å². The molecule has 3 rings (SSSR count). The molecule has 7 nitrogen and oxygen atoms in total. The average Bonchev–Trinajstić information content (AvgIpc) is 2.79. The van der Waals surface area contributed by atoms with E-state index in [1.807, 2.05) is 50.2 Å². The number of sulfonamides is 1. The molecule has 0 spiro atoms. The number of amides is 1. The molecule has 1 heterocycles. The van der Waals surface area contributed by atoms with Gasteiger partial charge in [0, 0.05) is 25.2 Å². The van der Waals surface area contributed by atoms with Gasteiger partial charge in [-0.2, -0.15) is 4.31 Å². The minimum absolute atomic E-state index is 0.0251. The van der Waals surface area contributed by atoms with Crippen LogP contribution in [-0.2, 0) is 10.0 Å². The molecule has 1 N–H and O–H groups in total. The van der Waals surface area contributed by atoms with Gasteiger partial charge >= 0.3 is 0 Å². The second kappa shape index (κ2) is 10.9. The molecule has 1 aliphatic rings.